The van der Waals surface area contributed by atoms with E-state index in [1.807, 2.05) is 58.0 Å². The molecule has 0 fully saturated rings. The Morgan fingerprint density at radius 1 is 1.12 bits per heavy atom. The highest BCUT2D eigenvalue weighted by Crippen LogP contribution is 2.29. The van der Waals surface area contributed by atoms with Gasteiger partial charge in [0.15, 0.2) is 0 Å². The van der Waals surface area contributed by atoms with Crippen LogP contribution in [0.3, 0.4) is 0 Å². The molecule has 0 aliphatic rings. The van der Waals surface area contributed by atoms with E-state index >= 15 is 0 Å². The molecule has 0 atom stereocenters. The highest BCUT2D eigenvalue weighted by Gasteiger charge is 2.30. The second kappa shape index (κ2) is 4.69. The summed E-state index contributed by atoms with van der Waals surface area (Å²) in [5.41, 5.74) is -0.690. The van der Waals surface area contributed by atoms with Gasteiger partial charge in [-0.2, -0.15) is 0 Å². The van der Waals surface area contributed by atoms with Crippen LogP contribution in [0.5, 0.6) is 5.75 Å². The van der Waals surface area contributed by atoms with Crippen molar-refractivity contribution in [3.8, 4) is 5.75 Å². The molecule has 0 saturated carbocycles. The van der Waals surface area contributed by atoms with Crippen LogP contribution in [0.25, 0.3) is 0 Å². The molecule has 0 unspecified atom stereocenters. The summed E-state index contributed by atoms with van der Waals surface area (Å²) >= 11 is 0. The summed E-state index contributed by atoms with van der Waals surface area (Å²) in [5.74, 6) is 0.842. The minimum atomic E-state index is -0.349. The first-order valence-electron chi connectivity index (χ1n) is 5.55. The standard InChI is InChI=1S/C14H20O2/c1-13(2,11-15)10-14(3,4)16-12-8-6-5-7-9-12/h5-9,11H,10H2,1-4H3. The van der Waals surface area contributed by atoms with Gasteiger partial charge in [-0.25, -0.2) is 0 Å². The Bertz CT molecular complexity index is 339. The van der Waals surface area contributed by atoms with Crippen LogP contribution in [-0.4, -0.2) is 11.9 Å². The van der Waals surface area contributed by atoms with Crippen molar-refractivity contribution in [3.63, 3.8) is 0 Å². The quantitative estimate of drug-likeness (QED) is 0.710. The van der Waals surface area contributed by atoms with Crippen LogP contribution in [-0.2, 0) is 4.79 Å². The van der Waals surface area contributed by atoms with E-state index in [9.17, 15) is 4.79 Å². The SMILES string of the molecule is CC(C)(C=O)CC(C)(C)Oc1ccccc1. The fourth-order valence-corrected chi connectivity index (χ4v) is 1.98. The van der Waals surface area contributed by atoms with Crippen molar-refractivity contribution < 1.29 is 9.53 Å². The predicted octanol–water partition coefficient (Wildman–Crippen LogP) is 3.46. The molecule has 16 heavy (non-hydrogen) atoms. The van der Waals surface area contributed by atoms with Crippen LogP contribution in [0, 0.1) is 5.41 Å². The van der Waals surface area contributed by atoms with Crippen LogP contribution in [0.2, 0.25) is 0 Å². The monoisotopic (exact) mass is 220 g/mol. The maximum absolute atomic E-state index is 10.9. The lowest BCUT2D eigenvalue weighted by Crippen LogP contribution is -2.35. The number of para-hydroxylation sites is 1. The van der Waals surface area contributed by atoms with Crippen molar-refractivity contribution in [2.45, 2.75) is 39.7 Å². The number of hydrogen-bond acceptors (Lipinski definition) is 2. The molecule has 0 radical (unpaired) electrons. The molecule has 0 N–H and O–H groups in total. The molecule has 88 valence electrons. The number of aldehydes is 1. The van der Waals surface area contributed by atoms with Gasteiger partial charge < -0.3 is 9.53 Å². The van der Waals surface area contributed by atoms with E-state index in [1.165, 1.54) is 0 Å². The average molecular weight is 220 g/mol. The minimum Gasteiger partial charge on any atom is -0.488 e. The molecule has 0 spiro atoms. The molecule has 0 amide bonds. The van der Waals surface area contributed by atoms with E-state index in [0.29, 0.717) is 6.42 Å². The van der Waals surface area contributed by atoms with E-state index in [-0.39, 0.29) is 11.0 Å². The van der Waals surface area contributed by atoms with Gasteiger partial charge in [-0.05, 0) is 32.4 Å². The zero-order valence-corrected chi connectivity index (χ0v) is 10.5. The number of ether oxygens (including phenoxy) is 1. The number of benzene rings is 1. The highest BCUT2D eigenvalue weighted by atomic mass is 16.5. The molecule has 2 heteroatoms. The maximum atomic E-state index is 10.9. The first-order valence-corrected chi connectivity index (χ1v) is 5.55. The predicted molar refractivity (Wildman–Crippen MR) is 65.6 cm³/mol. The van der Waals surface area contributed by atoms with E-state index in [2.05, 4.69) is 0 Å². The summed E-state index contributed by atoms with van der Waals surface area (Å²) < 4.78 is 5.88. The van der Waals surface area contributed by atoms with Crippen LogP contribution >= 0.6 is 0 Å². The highest BCUT2D eigenvalue weighted by molar-refractivity contribution is 5.58. The lowest BCUT2D eigenvalue weighted by Gasteiger charge is -2.32. The van der Waals surface area contributed by atoms with Gasteiger partial charge in [0, 0.05) is 5.41 Å². The summed E-state index contributed by atoms with van der Waals surface area (Å²) in [5, 5.41) is 0. The molecule has 0 aromatic heterocycles. The van der Waals surface area contributed by atoms with Crippen LogP contribution in [0.15, 0.2) is 30.3 Å². The third kappa shape index (κ3) is 4.05. The fourth-order valence-electron chi connectivity index (χ4n) is 1.98. The molecule has 1 rings (SSSR count). The largest absolute Gasteiger partial charge is 0.488 e. The Morgan fingerprint density at radius 2 is 1.69 bits per heavy atom. The molecule has 0 bridgehead atoms. The third-order valence-corrected chi connectivity index (χ3v) is 2.34. The molecule has 0 saturated heterocycles. The Morgan fingerprint density at radius 3 is 2.19 bits per heavy atom. The second-order valence-electron chi connectivity index (χ2n) is 5.46. The molecule has 1 aromatic carbocycles. The summed E-state index contributed by atoms with van der Waals surface area (Å²) in [7, 11) is 0. The number of hydrogen-bond donors (Lipinski definition) is 0. The molecule has 1 aromatic rings. The van der Waals surface area contributed by atoms with E-state index in [1.54, 1.807) is 0 Å². The van der Waals surface area contributed by atoms with Crippen LogP contribution in [0.1, 0.15) is 34.1 Å². The Balaban J connectivity index is 2.69. The number of carbonyl (C=O) groups excluding carboxylic acids is 1. The van der Waals surface area contributed by atoms with Gasteiger partial charge >= 0.3 is 0 Å². The van der Waals surface area contributed by atoms with Gasteiger partial charge in [0.2, 0.25) is 0 Å². The van der Waals surface area contributed by atoms with Gasteiger partial charge in [-0.1, -0.05) is 32.0 Å². The first kappa shape index (κ1) is 12.8. The van der Waals surface area contributed by atoms with Crippen LogP contribution in [0.4, 0.5) is 0 Å². The molecule has 0 aliphatic carbocycles. The molecular weight excluding hydrogens is 200 g/mol. The zero-order valence-electron chi connectivity index (χ0n) is 10.5. The first-order chi connectivity index (χ1) is 7.35. The van der Waals surface area contributed by atoms with Gasteiger partial charge in [0.25, 0.3) is 0 Å². The van der Waals surface area contributed by atoms with Crippen molar-refractivity contribution >= 4 is 6.29 Å². The van der Waals surface area contributed by atoms with E-state index < -0.39 is 0 Å². The molecular formula is C14H20O2. The van der Waals surface area contributed by atoms with Crippen LogP contribution < -0.4 is 4.74 Å². The lowest BCUT2D eigenvalue weighted by atomic mass is 9.83. The smallest absolute Gasteiger partial charge is 0.125 e. The topological polar surface area (TPSA) is 26.3 Å². The van der Waals surface area contributed by atoms with Crippen molar-refractivity contribution in [2.75, 3.05) is 0 Å². The maximum Gasteiger partial charge on any atom is 0.125 e. The summed E-state index contributed by atoms with van der Waals surface area (Å²) in [6.07, 6.45) is 1.68. The molecule has 0 heterocycles. The number of carbonyl (C=O) groups is 1. The van der Waals surface area contributed by atoms with Crippen molar-refractivity contribution in [3.05, 3.63) is 30.3 Å². The zero-order chi connectivity index (χ0) is 12.2. The van der Waals surface area contributed by atoms with E-state index in [4.69, 9.17) is 4.74 Å². The molecule has 2 nitrogen and oxygen atoms in total. The molecule has 0 aliphatic heterocycles. The van der Waals surface area contributed by atoms with Crippen molar-refractivity contribution in [1.29, 1.82) is 0 Å². The summed E-state index contributed by atoms with van der Waals surface area (Å²) in [6, 6.07) is 9.69. The second-order valence-corrected chi connectivity index (χ2v) is 5.46. The van der Waals surface area contributed by atoms with Crippen molar-refractivity contribution in [1.82, 2.24) is 0 Å². The van der Waals surface area contributed by atoms with E-state index in [0.717, 1.165) is 12.0 Å². The summed E-state index contributed by atoms with van der Waals surface area (Å²) in [6.45, 7) is 7.86. The Hall–Kier alpha value is -1.31. The van der Waals surface area contributed by atoms with Gasteiger partial charge in [0.1, 0.15) is 17.6 Å². The fraction of sp³-hybridized carbons (Fsp3) is 0.500. The van der Waals surface area contributed by atoms with Gasteiger partial charge in [-0.3, -0.25) is 0 Å². The lowest BCUT2D eigenvalue weighted by molar-refractivity contribution is -0.117. The third-order valence-electron chi connectivity index (χ3n) is 2.34. The normalized spacial score (nSPS) is 12.2. The summed E-state index contributed by atoms with van der Waals surface area (Å²) in [4.78, 5) is 10.9. The minimum absolute atomic E-state index is 0.342. The average Bonchev–Trinajstić information content (AvgIpc) is 2.17. The Kier molecular flexibility index (Phi) is 3.74. The van der Waals surface area contributed by atoms with Crippen molar-refractivity contribution in [2.24, 2.45) is 5.41 Å². The van der Waals surface area contributed by atoms with Gasteiger partial charge in [-0.15, -0.1) is 0 Å². The van der Waals surface area contributed by atoms with Gasteiger partial charge in [0.05, 0.1) is 0 Å². The number of rotatable bonds is 5. The Labute approximate surface area is 97.6 Å².